The molecule has 9 heteroatoms. The van der Waals surface area contributed by atoms with Gasteiger partial charge in [-0.3, -0.25) is 0 Å². The van der Waals surface area contributed by atoms with Gasteiger partial charge in [-0.1, -0.05) is 11.6 Å². The van der Waals surface area contributed by atoms with Gasteiger partial charge in [-0.2, -0.15) is 9.57 Å². The number of aromatic nitrogens is 1. The highest BCUT2D eigenvalue weighted by molar-refractivity contribution is 7.91. The number of halogens is 1. The largest absolute Gasteiger partial charge is 0.474 e. The van der Waals surface area contributed by atoms with Gasteiger partial charge in [-0.25, -0.2) is 13.4 Å². The molecule has 1 aliphatic heterocycles. The van der Waals surface area contributed by atoms with E-state index in [0.717, 1.165) is 11.3 Å². The molecule has 24 heavy (non-hydrogen) atoms. The number of nitriles is 1. The van der Waals surface area contributed by atoms with E-state index in [1.54, 1.807) is 18.2 Å². The average Bonchev–Trinajstić information content (AvgIpc) is 3.03. The first-order chi connectivity index (χ1) is 11.5. The second-order valence-corrected chi connectivity index (χ2v) is 9.16. The van der Waals surface area contributed by atoms with Crippen LogP contribution in [0.1, 0.15) is 18.4 Å². The quantitative estimate of drug-likeness (QED) is 0.810. The van der Waals surface area contributed by atoms with Crippen LogP contribution in [0.5, 0.6) is 5.88 Å². The van der Waals surface area contributed by atoms with E-state index in [-0.39, 0.29) is 10.3 Å². The summed E-state index contributed by atoms with van der Waals surface area (Å²) in [7, 11) is -3.49. The monoisotopic (exact) mass is 383 g/mol. The van der Waals surface area contributed by atoms with Crippen molar-refractivity contribution in [3.05, 3.63) is 40.4 Å². The zero-order valence-electron chi connectivity index (χ0n) is 12.6. The number of rotatable bonds is 4. The van der Waals surface area contributed by atoms with Crippen LogP contribution in [-0.2, 0) is 10.0 Å². The van der Waals surface area contributed by atoms with Crippen LogP contribution in [-0.4, -0.2) is 36.9 Å². The van der Waals surface area contributed by atoms with Crippen molar-refractivity contribution in [1.29, 1.82) is 5.26 Å². The Bertz CT molecular complexity index is 851. The van der Waals surface area contributed by atoms with Gasteiger partial charge in [0.15, 0.2) is 0 Å². The fourth-order valence-electron chi connectivity index (χ4n) is 2.44. The average molecular weight is 384 g/mol. The Kier molecular flexibility index (Phi) is 5.06. The van der Waals surface area contributed by atoms with Crippen LogP contribution in [0.3, 0.4) is 0 Å². The first-order valence-electron chi connectivity index (χ1n) is 7.27. The third kappa shape index (κ3) is 3.70. The molecule has 0 atom stereocenters. The van der Waals surface area contributed by atoms with Gasteiger partial charge in [0.1, 0.15) is 16.4 Å². The second-order valence-electron chi connectivity index (χ2n) is 5.28. The number of hydrogen-bond acceptors (Lipinski definition) is 6. The number of thiophene rings is 1. The van der Waals surface area contributed by atoms with E-state index >= 15 is 0 Å². The Hall–Kier alpha value is -1.66. The van der Waals surface area contributed by atoms with E-state index in [1.807, 2.05) is 6.07 Å². The first kappa shape index (κ1) is 17.2. The molecule has 0 N–H and O–H groups in total. The standard InChI is InChI=1S/C15H14ClN3O3S2/c16-13-2-4-15(23-13)24(20,21)19-7-5-12(6-8-19)22-14-3-1-11(9-17)10-18-14/h1-4,10,12H,5-8H2. The maximum atomic E-state index is 12.5. The summed E-state index contributed by atoms with van der Waals surface area (Å²) < 4.78 is 33.0. The zero-order valence-corrected chi connectivity index (χ0v) is 14.9. The molecule has 6 nitrogen and oxygen atoms in total. The zero-order chi connectivity index (χ0) is 17.2. The van der Waals surface area contributed by atoms with Gasteiger partial charge in [-0.15, -0.1) is 11.3 Å². The van der Waals surface area contributed by atoms with E-state index in [0.29, 0.717) is 41.7 Å². The Balaban J connectivity index is 1.60. The predicted octanol–water partition coefficient (Wildman–Crippen LogP) is 2.90. The molecule has 0 spiro atoms. The van der Waals surface area contributed by atoms with E-state index in [9.17, 15) is 8.42 Å². The van der Waals surface area contributed by atoms with Crippen LogP contribution in [0.25, 0.3) is 0 Å². The number of sulfonamides is 1. The van der Waals surface area contributed by atoms with Crippen LogP contribution in [0.15, 0.2) is 34.7 Å². The van der Waals surface area contributed by atoms with Crippen LogP contribution in [0.4, 0.5) is 0 Å². The van der Waals surface area contributed by atoms with Crippen molar-refractivity contribution >= 4 is 33.0 Å². The van der Waals surface area contributed by atoms with E-state index < -0.39 is 10.0 Å². The Labute approximate surface area is 149 Å². The maximum Gasteiger partial charge on any atom is 0.252 e. The van der Waals surface area contributed by atoms with Gasteiger partial charge in [0.2, 0.25) is 5.88 Å². The first-order valence-corrected chi connectivity index (χ1v) is 9.91. The predicted molar refractivity (Wildman–Crippen MR) is 90.7 cm³/mol. The molecule has 0 saturated carbocycles. The molecule has 3 rings (SSSR count). The summed E-state index contributed by atoms with van der Waals surface area (Å²) in [6.07, 6.45) is 2.53. The number of piperidine rings is 1. The van der Waals surface area contributed by atoms with Crippen LogP contribution >= 0.6 is 22.9 Å². The van der Waals surface area contributed by atoms with Crippen molar-refractivity contribution in [2.75, 3.05) is 13.1 Å². The molecule has 126 valence electrons. The lowest BCUT2D eigenvalue weighted by molar-refractivity contribution is 0.130. The van der Waals surface area contributed by atoms with E-state index in [2.05, 4.69) is 4.98 Å². The fraction of sp³-hybridized carbons (Fsp3) is 0.333. The van der Waals surface area contributed by atoms with Gasteiger partial charge >= 0.3 is 0 Å². The summed E-state index contributed by atoms with van der Waals surface area (Å²) in [6, 6.07) is 8.41. The Morgan fingerprint density at radius 2 is 2.04 bits per heavy atom. The molecule has 2 aromatic heterocycles. The molecule has 1 aliphatic rings. The van der Waals surface area contributed by atoms with Crippen molar-refractivity contribution in [2.45, 2.75) is 23.2 Å². The van der Waals surface area contributed by atoms with Crippen molar-refractivity contribution in [2.24, 2.45) is 0 Å². The summed E-state index contributed by atoms with van der Waals surface area (Å²) in [6.45, 7) is 0.775. The Morgan fingerprint density at radius 3 is 2.58 bits per heavy atom. The fourth-order valence-corrected chi connectivity index (χ4v) is 5.55. The van der Waals surface area contributed by atoms with E-state index in [1.165, 1.54) is 16.6 Å². The summed E-state index contributed by atoms with van der Waals surface area (Å²) in [5, 5.41) is 8.75. The SMILES string of the molecule is N#Cc1ccc(OC2CCN(S(=O)(=O)c3ccc(Cl)s3)CC2)nc1. The summed E-state index contributed by atoms with van der Waals surface area (Å²) >= 11 is 6.89. The highest BCUT2D eigenvalue weighted by atomic mass is 35.5. The lowest BCUT2D eigenvalue weighted by atomic mass is 10.1. The van der Waals surface area contributed by atoms with Crippen molar-refractivity contribution in [3.8, 4) is 11.9 Å². The topological polar surface area (TPSA) is 83.3 Å². The van der Waals surface area contributed by atoms with Crippen LogP contribution in [0, 0.1) is 11.3 Å². The second kappa shape index (κ2) is 7.07. The molecule has 1 fully saturated rings. The highest BCUT2D eigenvalue weighted by Crippen LogP contribution is 2.30. The molecule has 0 aliphatic carbocycles. The molecule has 0 aromatic carbocycles. The minimum Gasteiger partial charge on any atom is -0.474 e. The third-order valence-corrected chi connectivity index (χ3v) is 7.29. The minimum absolute atomic E-state index is 0.0937. The van der Waals surface area contributed by atoms with Gasteiger partial charge < -0.3 is 4.74 Å². The lowest BCUT2D eigenvalue weighted by Gasteiger charge is -2.30. The van der Waals surface area contributed by atoms with Crippen molar-refractivity contribution in [1.82, 2.24) is 9.29 Å². The van der Waals surface area contributed by atoms with Crippen LogP contribution in [0.2, 0.25) is 4.34 Å². The molecule has 1 saturated heterocycles. The van der Waals surface area contributed by atoms with Crippen LogP contribution < -0.4 is 4.74 Å². The number of nitrogens with zero attached hydrogens (tertiary/aromatic N) is 3. The summed E-state index contributed by atoms with van der Waals surface area (Å²) in [4.78, 5) is 4.07. The maximum absolute atomic E-state index is 12.5. The molecule has 3 heterocycles. The molecule has 0 amide bonds. The molecular formula is C15H14ClN3O3S2. The van der Waals surface area contributed by atoms with Gasteiger partial charge in [0, 0.05) is 25.4 Å². The molecular weight excluding hydrogens is 370 g/mol. The molecule has 0 radical (unpaired) electrons. The van der Waals surface area contributed by atoms with Crippen molar-refractivity contribution in [3.63, 3.8) is 0 Å². The van der Waals surface area contributed by atoms with Gasteiger partial charge in [0.25, 0.3) is 10.0 Å². The summed E-state index contributed by atoms with van der Waals surface area (Å²) in [5.41, 5.74) is 0.470. The normalized spacial score (nSPS) is 16.7. The lowest BCUT2D eigenvalue weighted by Crippen LogP contribution is -2.41. The molecule has 2 aromatic rings. The molecule has 0 bridgehead atoms. The third-order valence-electron chi connectivity index (χ3n) is 3.70. The number of hydrogen-bond donors (Lipinski definition) is 0. The minimum atomic E-state index is -3.49. The van der Waals surface area contributed by atoms with Crippen molar-refractivity contribution < 1.29 is 13.2 Å². The smallest absolute Gasteiger partial charge is 0.252 e. The Morgan fingerprint density at radius 1 is 1.29 bits per heavy atom. The number of pyridine rings is 1. The van der Waals surface area contributed by atoms with Gasteiger partial charge in [0.05, 0.1) is 9.90 Å². The summed E-state index contributed by atoms with van der Waals surface area (Å²) in [5.74, 6) is 0.445. The van der Waals surface area contributed by atoms with E-state index in [4.69, 9.17) is 21.6 Å². The number of ether oxygens (including phenoxy) is 1. The molecule has 0 unspecified atom stereocenters. The van der Waals surface area contributed by atoms with Gasteiger partial charge in [-0.05, 0) is 31.0 Å². The highest BCUT2D eigenvalue weighted by Gasteiger charge is 2.31.